The molecule has 1 heterocycles. The standard InChI is InChI=1S/C12H9FN2O/c1-3-8-4-5-9(10(13)6-8)11-7-12(16)15(2)14-11/h1,4-7,14H,2H3. The molecule has 0 aliphatic rings. The van der Waals surface area contributed by atoms with Crippen molar-refractivity contribution in [3.63, 3.8) is 0 Å². The Hall–Kier alpha value is -2.28. The number of terminal acetylenes is 1. The van der Waals surface area contributed by atoms with Gasteiger partial charge in [-0.3, -0.25) is 14.6 Å². The molecule has 1 N–H and O–H groups in total. The summed E-state index contributed by atoms with van der Waals surface area (Å²) in [4.78, 5) is 11.2. The Kier molecular flexibility index (Phi) is 2.37. The van der Waals surface area contributed by atoms with Gasteiger partial charge in [-0.1, -0.05) is 5.92 Å². The maximum Gasteiger partial charge on any atom is 0.266 e. The van der Waals surface area contributed by atoms with Crippen LogP contribution in [0.2, 0.25) is 0 Å². The first-order valence-corrected chi connectivity index (χ1v) is 4.64. The molecule has 0 atom stereocenters. The zero-order valence-corrected chi connectivity index (χ0v) is 8.62. The van der Waals surface area contributed by atoms with Crippen molar-refractivity contribution in [1.82, 2.24) is 9.78 Å². The molecular weight excluding hydrogens is 207 g/mol. The Morgan fingerprint density at radius 2 is 2.19 bits per heavy atom. The minimum absolute atomic E-state index is 0.213. The first kappa shape index (κ1) is 10.2. The Balaban J connectivity index is 2.57. The van der Waals surface area contributed by atoms with Crippen molar-refractivity contribution in [1.29, 1.82) is 0 Å². The van der Waals surface area contributed by atoms with Crippen LogP contribution < -0.4 is 5.56 Å². The van der Waals surface area contributed by atoms with E-state index in [0.29, 0.717) is 16.8 Å². The average molecular weight is 216 g/mol. The van der Waals surface area contributed by atoms with E-state index in [1.807, 2.05) is 0 Å². The van der Waals surface area contributed by atoms with E-state index in [-0.39, 0.29) is 5.56 Å². The zero-order chi connectivity index (χ0) is 11.7. The van der Waals surface area contributed by atoms with E-state index in [9.17, 15) is 9.18 Å². The van der Waals surface area contributed by atoms with Gasteiger partial charge >= 0.3 is 0 Å². The average Bonchev–Trinajstić information content (AvgIpc) is 2.58. The number of nitrogens with one attached hydrogen (secondary N) is 1. The van der Waals surface area contributed by atoms with Crippen LogP contribution in [0.5, 0.6) is 0 Å². The minimum Gasteiger partial charge on any atom is -0.295 e. The Labute approximate surface area is 91.5 Å². The molecule has 0 bridgehead atoms. The van der Waals surface area contributed by atoms with Gasteiger partial charge < -0.3 is 0 Å². The van der Waals surface area contributed by atoms with E-state index in [1.54, 1.807) is 19.2 Å². The summed E-state index contributed by atoms with van der Waals surface area (Å²) in [5, 5.41) is 2.75. The fourth-order valence-corrected chi connectivity index (χ4v) is 1.45. The maximum absolute atomic E-state index is 13.6. The third kappa shape index (κ3) is 1.63. The van der Waals surface area contributed by atoms with Gasteiger partial charge in [0.05, 0.1) is 5.69 Å². The molecule has 0 aliphatic carbocycles. The van der Waals surface area contributed by atoms with Gasteiger partial charge in [-0.2, -0.15) is 0 Å². The van der Waals surface area contributed by atoms with E-state index >= 15 is 0 Å². The van der Waals surface area contributed by atoms with Crippen LogP contribution in [0.25, 0.3) is 11.3 Å². The van der Waals surface area contributed by atoms with Gasteiger partial charge in [-0.15, -0.1) is 6.42 Å². The normalized spacial score (nSPS) is 10.1. The molecule has 2 rings (SSSR count). The fraction of sp³-hybridized carbons (Fsp3) is 0.0833. The van der Waals surface area contributed by atoms with Crippen LogP contribution in [0.3, 0.4) is 0 Å². The molecule has 3 nitrogen and oxygen atoms in total. The molecule has 2 aromatic rings. The maximum atomic E-state index is 13.6. The highest BCUT2D eigenvalue weighted by atomic mass is 19.1. The highest BCUT2D eigenvalue weighted by Gasteiger charge is 2.08. The van der Waals surface area contributed by atoms with Crippen LogP contribution in [0.1, 0.15) is 5.56 Å². The van der Waals surface area contributed by atoms with Crippen molar-refractivity contribution in [3.05, 3.63) is 46.0 Å². The summed E-state index contributed by atoms with van der Waals surface area (Å²) in [5.74, 6) is 1.90. The quantitative estimate of drug-likeness (QED) is 0.721. The van der Waals surface area contributed by atoms with Gasteiger partial charge in [0.1, 0.15) is 5.82 Å². The number of rotatable bonds is 1. The molecule has 0 unspecified atom stereocenters. The van der Waals surface area contributed by atoms with E-state index in [2.05, 4.69) is 11.0 Å². The Bertz CT molecular complexity index is 631. The molecule has 1 aromatic carbocycles. The molecule has 0 spiro atoms. The summed E-state index contributed by atoms with van der Waals surface area (Å²) < 4.78 is 14.9. The first-order chi connectivity index (χ1) is 7.61. The summed E-state index contributed by atoms with van der Waals surface area (Å²) in [5.41, 5.74) is 1.03. The SMILES string of the molecule is C#Cc1ccc(-c2cc(=O)n(C)[nH]2)c(F)c1. The number of halogens is 1. The number of hydrogen-bond donors (Lipinski definition) is 1. The van der Waals surface area contributed by atoms with Crippen LogP contribution in [-0.4, -0.2) is 9.78 Å². The highest BCUT2D eigenvalue weighted by Crippen LogP contribution is 2.20. The van der Waals surface area contributed by atoms with Crippen LogP contribution in [0.4, 0.5) is 4.39 Å². The molecular formula is C12H9FN2O. The lowest BCUT2D eigenvalue weighted by molar-refractivity contribution is 0.629. The van der Waals surface area contributed by atoms with E-state index in [4.69, 9.17) is 6.42 Å². The molecule has 0 saturated carbocycles. The third-order valence-corrected chi connectivity index (χ3v) is 2.31. The number of aromatic amines is 1. The lowest BCUT2D eigenvalue weighted by Gasteiger charge is -2.00. The van der Waals surface area contributed by atoms with Gasteiger partial charge in [0.2, 0.25) is 0 Å². The fourth-order valence-electron chi connectivity index (χ4n) is 1.45. The van der Waals surface area contributed by atoms with E-state index < -0.39 is 5.82 Å². The lowest BCUT2D eigenvalue weighted by Crippen LogP contribution is -2.09. The Morgan fingerprint density at radius 1 is 1.44 bits per heavy atom. The molecule has 16 heavy (non-hydrogen) atoms. The number of aromatic nitrogens is 2. The van der Waals surface area contributed by atoms with Gasteiger partial charge in [-0.25, -0.2) is 4.39 Å². The van der Waals surface area contributed by atoms with Crippen molar-refractivity contribution < 1.29 is 4.39 Å². The smallest absolute Gasteiger partial charge is 0.266 e. The first-order valence-electron chi connectivity index (χ1n) is 4.64. The lowest BCUT2D eigenvalue weighted by atomic mass is 10.1. The predicted octanol–water partition coefficient (Wildman–Crippen LogP) is 1.50. The number of nitrogens with zero attached hydrogens (tertiary/aromatic N) is 1. The van der Waals surface area contributed by atoms with Crippen LogP contribution in [0, 0.1) is 18.2 Å². The van der Waals surface area contributed by atoms with Gasteiger partial charge in [0.25, 0.3) is 5.56 Å². The molecule has 4 heteroatoms. The topological polar surface area (TPSA) is 37.8 Å². The van der Waals surface area contributed by atoms with E-state index in [1.165, 1.54) is 16.8 Å². The number of aryl methyl sites for hydroxylation is 1. The molecule has 1 aromatic heterocycles. The minimum atomic E-state index is -0.447. The molecule has 0 fully saturated rings. The second-order valence-corrected chi connectivity index (χ2v) is 3.41. The van der Waals surface area contributed by atoms with Crippen LogP contribution >= 0.6 is 0 Å². The summed E-state index contributed by atoms with van der Waals surface area (Å²) in [7, 11) is 1.57. The summed E-state index contributed by atoms with van der Waals surface area (Å²) in [6.45, 7) is 0. The second-order valence-electron chi connectivity index (χ2n) is 3.41. The summed E-state index contributed by atoms with van der Waals surface area (Å²) in [6.07, 6.45) is 5.16. The number of benzene rings is 1. The van der Waals surface area contributed by atoms with E-state index in [0.717, 1.165) is 0 Å². The third-order valence-electron chi connectivity index (χ3n) is 2.31. The highest BCUT2D eigenvalue weighted by molar-refractivity contribution is 5.60. The van der Waals surface area contributed by atoms with Crippen molar-refractivity contribution in [2.24, 2.45) is 7.05 Å². The molecule has 0 amide bonds. The van der Waals surface area contributed by atoms with Crippen LogP contribution in [-0.2, 0) is 7.05 Å². The van der Waals surface area contributed by atoms with Gasteiger partial charge in [0, 0.05) is 24.2 Å². The Morgan fingerprint density at radius 3 is 2.69 bits per heavy atom. The van der Waals surface area contributed by atoms with Crippen LogP contribution in [0.15, 0.2) is 29.1 Å². The molecule has 80 valence electrons. The summed E-state index contributed by atoms with van der Waals surface area (Å²) in [6, 6.07) is 5.79. The molecule has 0 aliphatic heterocycles. The monoisotopic (exact) mass is 216 g/mol. The van der Waals surface area contributed by atoms with Crippen molar-refractivity contribution in [2.75, 3.05) is 0 Å². The number of H-pyrrole nitrogens is 1. The predicted molar refractivity (Wildman–Crippen MR) is 59.4 cm³/mol. The number of hydrogen-bond acceptors (Lipinski definition) is 1. The molecule has 0 radical (unpaired) electrons. The molecule has 0 saturated heterocycles. The van der Waals surface area contributed by atoms with Gasteiger partial charge in [0.15, 0.2) is 0 Å². The van der Waals surface area contributed by atoms with Crippen molar-refractivity contribution >= 4 is 0 Å². The second kappa shape index (κ2) is 3.70. The largest absolute Gasteiger partial charge is 0.295 e. The zero-order valence-electron chi connectivity index (χ0n) is 8.62. The van der Waals surface area contributed by atoms with Gasteiger partial charge in [-0.05, 0) is 18.2 Å². The van der Waals surface area contributed by atoms with Crippen molar-refractivity contribution in [2.45, 2.75) is 0 Å². The van der Waals surface area contributed by atoms with Crippen molar-refractivity contribution in [3.8, 4) is 23.6 Å². The summed E-state index contributed by atoms with van der Waals surface area (Å²) >= 11 is 0.